The number of nitrogens with one attached hydrogen (secondary N) is 1. The van der Waals surface area contributed by atoms with Crippen molar-refractivity contribution in [3.8, 4) is 0 Å². The Hall–Kier alpha value is -3.19. The van der Waals surface area contributed by atoms with E-state index in [2.05, 4.69) is 30.6 Å². The van der Waals surface area contributed by atoms with Gasteiger partial charge in [-0.05, 0) is 68.2 Å². The first-order chi connectivity index (χ1) is 14.6. The maximum atomic E-state index is 12.4. The lowest BCUT2D eigenvalue weighted by Gasteiger charge is -2.31. The van der Waals surface area contributed by atoms with E-state index < -0.39 is 0 Å². The monoisotopic (exact) mass is 406 g/mol. The van der Waals surface area contributed by atoms with E-state index in [4.69, 9.17) is 0 Å². The minimum absolute atomic E-state index is 0.0418. The van der Waals surface area contributed by atoms with E-state index in [1.54, 1.807) is 24.3 Å². The molecule has 1 N–H and O–H groups in total. The highest BCUT2D eigenvalue weighted by Gasteiger charge is 2.21. The molecule has 30 heavy (non-hydrogen) atoms. The number of fused-ring (bicyclic) bond motifs is 1. The van der Waals surface area contributed by atoms with Crippen LogP contribution in [-0.2, 0) is 16.1 Å². The fourth-order valence-corrected chi connectivity index (χ4v) is 3.97. The summed E-state index contributed by atoms with van der Waals surface area (Å²) in [7, 11) is 1.35. The Balaban J connectivity index is 1.24. The van der Waals surface area contributed by atoms with E-state index in [0.29, 0.717) is 23.7 Å². The van der Waals surface area contributed by atoms with Gasteiger partial charge in [0.1, 0.15) is 0 Å². The molecule has 7 heteroatoms. The summed E-state index contributed by atoms with van der Waals surface area (Å²) in [5.41, 5.74) is 3.35. The lowest BCUT2D eigenvalue weighted by atomic mass is 9.96. The van der Waals surface area contributed by atoms with Gasteiger partial charge in [0.2, 0.25) is 5.91 Å². The molecule has 7 nitrogen and oxygen atoms in total. The molecule has 1 aliphatic heterocycles. The first-order valence-corrected chi connectivity index (χ1v) is 10.2. The number of nitrogens with zero attached hydrogens (tertiary/aromatic N) is 3. The van der Waals surface area contributed by atoms with Gasteiger partial charge in [-0.3, -0.25) is 9.69 Å². The van der Waals surface area contributed by atoms with Crippen LogP contribution >= 0.6 is 0 Å². The number of rotatable bonds is 6. The minimum Gasteiger partial charge on any atom is -0.465 e. The van der Waals surface area contributed by atoms with Crippen LogP contribution in [-0.4, -0.2) is 53.1 Å². The molecular weight excluding hydrogens is 380 g/mol. The largest absolute Gasteiger partial charge is 0.465 e. The zero-order valence-electron chi connectivity index (χ0n) is 17.1. The SMILES string of the molecule is COC(=O)c1ccc(NC(=O)CN2CCC(Cn3cnc4ccccc43)CC2)cc1. The summed E-state index contributed by atoms with van der Waals surface area (Å²) < 4.78 is 6.92. The third-order valence-electron chi connectivity index (χ3n) is 5.65. The molecule has 0 spiro atoms. The number of hydrogen-bond donors (Lipinski definition) is 1. The van der Waals surface area contributed by atoms with Gasteiger partial charge in [-0.25, -0.2) is 9.78 Å². The topological polar surface area (TPSA) is 76.5 Å². The van der Waals surface area contributed by atoms with Crippen LogP contribution in [0.4, 0.5) is 5.69 Å². The average molecular weight is 406 g/mol. The molecule has 0 aliphatic carbocycles. The standard InChI is InChI=1S/C23H26N4O3/c1-30-23(29)18-6-8-19(9-7-18)25-22(28)15-26-12-10-17(11-13-26)14-27-16-24-20-4-2-3-5-21(20)27/h2-9,16-17H,10-15H2,1H3,(H,25,28). The highest BCUT2D eigenvalue weighted by molar-refractivity contribution is 5.94. The Bertz CT molecular complexity index is 1020. The number of piperidine rings is 1. The van der Waals surface area contributed by atoms with E-state index >= 15 is 0 Å². The molecule has 4 rings (SSSR count). The van der Waals surface area contributed by atoms with Crippen molar-refractivity contribution in [2.45, 2.75) is 19.4 Å². The molecule has 2 heterocycles. The number of benzene rings is 2. The number of esters is 1. The van der Waals surface area contributed by atoms with Crippen molar-refractivity contribution >= 4 is 28.6 Å². The molecule has 0 atom stereocenters. The smallest absolute Gasteiger partial charge is 0.337 e. The second-order valence-electron chi connectivity index (χ2n) is 7.72. The highest BCUT2D eigenvalue weighted by Crippen LogP contribution is 2.22. The Morgan fingerprint density at radius 1 is 1.10 bits per heavy atom. The van der Waals surface area contributed by atoms with Gasteiger partial charge in [0.15, 0.2) is 0 Å². The van der Waals surface area contributed by atoms with Crippen LogP contribution in [0.3, 0.4) is 0 Å². The fraction of sp³-hybridized carbons (Fsp3) is 0.348. The number of amides is 1. The number of carbonyl (C=O) groups is 2. The van der Waals surface area contributed by atoms with E-state index in [-0.39, 0.29) is 11.9 Å². The maximum Gasteiger partial charge on any atom is 0.337 e. The van der Waals surface area contributed by atoms with Gasteiger partial charge < -0.3 is 14.6 Å². The van der Waals surface area contributed by atoms with E-state index in [0.717, 1.165) is 38.0 Å². The zero-order valence-corrected chi connectivity index (χ0v) is 17.1. The third kappa shape index (κ3) is 4.68. The summed E-state index contributed by atoms with van der Waals surface area (Å²) in [5.74, 6) is 0.159. The third-order valence-corrected chi connectivity index (χ3v) is 5.65. The zero-order chi connectivity index (χ0) is 20.9. The molecule has 0 unspecified atom stereocenters. The molecule has 156 valence electrons. The molecule has 3 aromatic rings. The quantitative estimate of drug-likeness (QED) is 0.637. The molecular formula is C23H26N4O3. The van der Waals surface area contributed by atoms with Crippen LogP contribution in [0.1, 0.15) is 23.2 Å². The summed E-state index contributed by atoms with van der Waals surface area (Å²) >= 11 is 0. The number of hydrogen-bond acceptors (Lipinski definition) is 5. The lowest BCUT2D eigenvalue weighted by molar-refractivity contribution is -0.117. The number of anilines is 1. The van der Waals surface area contributed by atoms with Crippen LogP contribution in [0, 0.1) is 5.92 Å². The lowest BCUT2D eigenvalue weighted by Crippen LogP contribution is -2.39. The van der Waals surface area contributed by atoms with Gasteiger partial charge >= 0.3 is 5.97 Å². The number of carbonyl (C=O) groups excluding carboxylic acids is 2. The molecule has 1 fully saturated rings. The number of likely N-dealkylation sites (tertiary alicyclic amines) is 1. The first-order valence-electron chi connectivity index (χ1n) is 10.2. The molecule has 1 saturated heterocycles. The van der Waals surface area contributed by atoms with Gasteiger partial charge in [0, 0.05) is 12.2 Å². The summed E-state index contributed by atoms with van der Waals surface area (Å²) in [4.78, 5) is 30.5. The first kappa shape index (κ1) is 20.1. The summed E-state index contributed by atoms with van der Waals surface area (Å²) in [6.07, 6.45) is 4.05. The van der Waals surface area contributed by atoms with Crippen LogP contribution < -0.4 is 5.32 Å². The number of methoxy groups -OCH3 is 1. The van der Waals surface area contributed by atoms with Crippen molar-refractivity contribution in [1.29, 1.82) is 0 Å². The molecule has 1 aliphatic rings. The molecule has 1 aromatic heterocycles. The molecule has 0 bridgehead atoms. The second-order valence-corrected chi connectivity index (χ2v) is 7.72. The van der Waals surface area contributed by atoms with Gasteiger partial charge in [0.05, 0.1) is 36.6 Å². The molecule has 0 saturated carbocycles. The summed E-state index contributed by atoms with van der Waals surface area (Å²) in [5, 5.41) is 2.90. The van der Waals surface area contributed by atoms with Gasteiger partial charge in [-0.1, -0.05) is 12.1 Å². The van der Waals surface area contributed by atoms with Crippen LogP contribution in [0.5, 0.6) is 0 Å². The number of para-hydroxylation sites is 2. The number of ether oxygens (including phenoxy) is 1. The van der Waals surface area contributed by atoms with Crippen molar-refractivity contribution in [2.75, 3.05) is 32.1 Å². The number of aromatic nitrogens is 2. The maximum absolute atomic E-state index is 12.4. The van der Waals surface area contributed by atoms with Crippen LogP contribution in [0.15, 0.2) is 54.9 Å². The van der Waals surface area contributed by atoms with Crippen LogP contribution in [0.25, 0.3) is 11.0 Å². The second kappa shape index (κ2) is 9.09. The highest BCUT2D eigenvalue weighted by atomic mass is 16.5. The predicted molar refractivity (Wildman–Crippen MR) is 115 cm³/mol. The molecule has 2 aromatic carbocycles. The van der Waals surface area contributed by atoms with Crippen molar-refractivity contribution in [3.63, 3.8) is 0 Å². The predicted octanol–water partition coefficient (Wildman–Crippen LogP) is 3.17. The van der Waals surface area contributed by atoms with Crippen LogP contribution in [0.2, 0.25) is 0 Å². The van der Waals surface area contributed by atoms with E-state index in [9.17, 15) is 9.59 Å². The van der Waals surface area contributed by atoms with Gasteiger partial charge in [-0.15, -0.1) is 0 Å². The summed E-state index contributed by atoms with van der Waals surface area (Å²) in [6.45, 7) is 3.16. The van der Waals surface area contributed by atoms with Gasteiger partial charge in [-0.2, -0.15) is 0 Å². The van der Waals surface area contributed by atoms with Crippen molar-refractivity contribution in [3.05, 3.63) is 60.4 Å². The Labute approximate surface area is 175 Å². The Morgan fingerprint density at radius 3 is 2.57 bits per heavy atom. The van der Waals surface area contributed by atoms with E-state index in [1.165, 1.54) is 12.6 Å². The fourth-order valence-electron chi connectivity index (χ4n) is 3.97. The molecule has 0 radical (unpaired) electrons. The normalized spacial score (nSPS) is 15.2. The minimum atomic E-state index is -0.389. The van der Waals surface area contributed by atoms with E-state index in [1.807, 2.05) is 24.5 Å². The average Bonchev–Trinajstić information content (AvgIpc) is 3.18. The van der Waals surface area contributed by atoms with Crippen molar-refractivity contribution in [2.24, 2.45) is 5.92 Å². The molecule has 1 amide bonds. The van der Waals surface area contributed by atoms with Gasteiger partial charge in [0.25, 0.3) is 0 Å². The number of imidazole rings is 1. The van der Waals surface area contributed by atoms with Crippen molar-refractivity contribution in [1.82, 2.24) is 14.5 Å². The Kier molecular flexibility index (Phi) is 6.09. The summed E-state index contributed by atoms with van der Waals surface area (Å²) in [6, 6.07) is 14.9. The Morgan fingerprint density at radius 2 is 1.83 bits per heavy atom. The van der Waals surface area contributed by atoms with Crippen molar-refractivity contribution < 1.29 is 14.3 Å².